The Hall–Kier alpha value is -0.450. The summed E-state index contributed by atoms with van der Waals surface area (Å²) < 4.78 is 19.3. The van der Waals surface area contributed by atoms with Gasteiger partial charge in [0.25, 0.3) is 0 Å². The number of ether oxygens (including phenoxy) is 1. The molecule has 0 radical (unpaired) electrons. The van der Waals surface area contributed by atoms with Gasteiger partial charge in [0.2, 0.25) is 0 Å². The highest BCUT2D eigenvalue weighted by Crippen LogP contribution is 2.21. The van der Waals surface area contributed by atoms with E-state index in [1.54, 1.807) is 13.2 Å². The van der Waals surface area contributed by atoms with E-state index < -0.39 is 0 Å². The zero-order valence-corrected chi connectivity index (χ0v) is 12.2. The predicted octanol–water partition coefficient (Wildman–Crippen LogP) is 3.45. The van der Waals surface area contributed by atoms with Crippen molar-refractivity contribution >= 4 is 15.9 Å². The molecule has 4 heteroatoms. The molecule has 0 atom stereocenters. The molecule has 0 N–H and O–H groups in total. The first-order valence-corrected chi connectivity index (χ1v) is 7.13. The molecule has 0 aliphatic carbocycles. The van der Waals surface area contributed by atoms with Crippen molar-refractivity contribution < 1.29 is 9.13 Å². The van der Waals surface area contributed by atoms with Crippen molar-refractivity contribution in [3.05, 3.63) is 34.1 Å². The lowest BCUT2D eigenvalue weighted by molar-refractivity contribution is 0.0968. The molecule has 100 valence electrons. The van der Waals surface area contributed by atoms with E-state index in [4.69, 9.17) is 4.74 Å². The van der Waals surface area contributed by atoms with Gasteiger partial charge in [-0.25, -0.2) is 4.39 Å². The van der Waals surface area contributed by atoms with Gasteiger partial charge in [-0.15, -0.1) is 0 Å². The van der Waals surface area contributed by atoms with Gasteiger partial charge in [0.15, 0.2) is 0 Å². The fourth-order valence-electron chi connectivity index (χ4n) is 2.51. The van der Waals surface area contributed by atoms with Crippen LogP contribution < -0.4 is 0 Å². The number of nitrogens with zero attached hydrogens (tertiary/aromatic N) is 1. The van der Waals surface area contributed by atoms with Gasteiger partial charge in [-0.1, -0.05) is 15.9 Å². The topological polar surface area (TPSA) is 12.5 Å². The number of benzene rings is 1. The van der Waals surface area contributed by atoms with Crippen LogP contribution >= 0.6 is 15.9 Å². The third kappa shape index (κ3) is 4.04. The van der Waals surface area contributed by atoms with Crippen molar-refractivity contribution in [2.24, 2.45) is 5.92 Å². The number of hydrogen-bond acceptors (Lipinski definition) is 2. The average molecular weight is 316 g/mol. The molecule has 0 aromatic heterocycles. The summed E-state index contributed by atoms with van der Waals surface area (Å²) in [7, 11) is 1.76. The maximum absolute atomic E-state index is 13.3. The van der Waals surface area contributed by atoms with Gasteiger partial charge >= 0.3 is 0 Å². The van der Waals surface area contributed by atoms with Crippen molar-refractivity contribution in [2.45, 2.75) is 19.4 Å². The standard InChI is InChI=1S/C14H19BrFNO/c1-18-10-11-2-4-17(5-3-11)9-12-6-13(15)8-14(16)7-12/h6-8,11H,2-5,9-10H2,1H3. The normalized spacial score (nSPS) is 18.2. The van der Waals surface area contributed by atoms with Crippen molar-refractivity contribution in [1.82, 2.24) is 4.90 Å². The highest BCUT2D eigenvalue weighted by molar-refractivity contribution is 9.10. The third-order valence-electron chi connectivity index (χ3n) is 3.44. The maximum atomic E-state index is 13.3. The molecule has 0 amide bonds. The first kappa shape index (κ1) is 14.0. The number of halogens is 2. The molecule has 1 aromatic rings. The highest BCUT2D eigenvalue weighted by Gasteiger charge is 2.19. The van der Waals surface area contributed by atoms with Gasteiger partial charge < -0.3 is 4.74 Å². The van der Waals surface area contributed by atoms with E-state index in [9.17, 15) is 4.39 Å². The molecule has 1 heterocycles. The van der Waals surface area contributed by atoms with Crippen molar-refractivity contribution in [2.75, 3.05) is 26.8 Å². The average Bonchev–Trinajstić information content (AvgIpc) is 2.31. The summed E-state index contributed by atoms with van der Waals surface area (Å²) in [5.74, 6) is 0.513. The molecule has 1 saturated heterocycles. The molecule has 0 spiro atoms. The molecule has 0 unspecified atom stereocenters. The summed E-state index contributed by atoms with van der Waals surface area (Å²) in [5, 5.41) is 0. The molecule has 1 aromatic carbocycles. The zero-order valence-electron chi connectivity index (χ0n) is 10.7. The van der Waals surface area contributed by atoms with Crippen LogP contribution in [0.2, 0.25) is 0 Å². The number of methoxy groups -OCH3 is 1. The molecule has 2 nitrogen and oxygen atoms in total. The molecular formula is C14H19BrFNO. The van der Waals surface area contributed by atoms with E-state index in [1.165, 1.54) is 18.9 Å². The van der Waals surface area contributed by atoms with Gasteiger partial charge in [0, 0.05) is 24.7 Å². The van der Waals surface area contributed by atoms with Crippen LogP contribution in [0.4, 0.5) is 4.39 Å². The van der Waals surface area contributed by atoms with Crippen molar-refractivity contribution in [3.8, 4) is 0 Å². The predicted molar refractivity (Wildman–Crippen MR) is 74.0 cm³/mol. The van der Waals surface area contributed by atoms with Crippen LogP contribution in [-0.4, -0.2) is 31.7 Å². The lowest BCUT2D eigenvalue weighted by Gasteiger charge is -2.31. The quantitative estimate of drug-likeness (QED) is 0.844. The molecule has 18 heavy (non-hydrogen) atoms. The Morgan fingerprint density at radius 3 is 2.67 bits per heavy atom. The van der Waals surface area contributed by atoms with E-state index in [0.29, 0.717) is 5.92 Å². The number of rotatable bonds is 4. The summed E-state index contributed by atoms with van der Waals surface area (Å²) in [6.45, 7) is 3.83. The fraction of sp³-hybridized carbons (Fsp3) is 0.571. The smallest absolute Gasteiger partial charge is 0.124 e. The molecule has 1 aliphatic heterocycles. The van der Waals surface area contributed by atoms with Crippen molar-refractivity contribution in [1.29, 1.82) is 0 Å². The minimum Gasteiger partial charge on any atom is -0.384 e. The first-order chi connectivity index (χ1) is 8.67. The van der Waals surface area contributed by atoms with Gasteiger partial charge in [0.1, 0.15) is 5.82 Å². The number of likely N-dealkylation sites (tertiary alicyclic amines) is 1. The molecule has 0 saturated carbocycles. The van der Waals surface area contributed by atoms with Gasteiger partial charge in [-0.3, -0.25) is 4.90 Å². The second kappa shape index (κ2) is 6.64. The van der Waals surface area contributed by atoms with E-state index in [2.05, 4.69) is 20.8 Å². The second-order valence-electron chi connectivity index (χ2n) is 4.95. The number of hydrogen-bond donors (Lipinski definition) is 0. The Labute approximate surface area is 116 Å². The molecule has 1 fully saturated rings. The fourth-order valence-corrected chi connectivity index (χ4v) is 3.02. The number of piperidine rings is 1. The van der Waals surface area contributed by atoms with E-state index in [1.807, 2.05) is 6.07 Å². The van der Waals surface area contributed by atoms with Crippen LogP contribution in [0.15, 0.2) is 22.7 Å². The Kier molecular flexibility index (Phi) is 5.15. The highest BCUT2D eigenvalue weighted by atomic mass is 79.9. The Bertz CT molecular complexity index is 371. The van der Waals surface area contributed by atoms with E-state index in [-0.39, 0.29) is 5.82 Å². The Morgan fingerprint density at radius 1 is 1.33 bits per heavy atom. The third-order valence-corrected chi connectivity index (χ3v) is 3.90. The Morgan fingerprint density at radius 2 is 2.06 bits per heavy atom. The molecule has 1 aliphatic rings. The van der Waals surface area contributed by atoms with Crippen LogP contribution in [0, 0.1) is 11.7 Å². The summed E-state index contributed by atoms with van der Waals surface area (Å²) in [6, 6.07) is 5.10. The SMILES string of the molecule is COCC1CCN(Cc2cc(F)cc(Br)c2)CC1. The van der Waals surface area contributed by atoms with E-state index >= 15 is 0 Å². The first-order valence-electron chi connectivity index (χ1n) is 6.33. The molecule has 2 rings (SSSR count). The molecule has 0 bridgehead atoms. The van der Waals surface area contributed by atoms with Crippen LogP contribution in [0.3, 0.4) is 0 Å². The van der Waals surface area contributed by atoms with Crippen molar-refractivity contribution in [3.63, 3.8) is 0 Å². The van der Waals surface area contributed by atoms with Gasteiger partial charge in [-0.05, 0) is 55.6 Å². The monoisotopic (exact) mass is 315 g/mol. The molecular weight excluding hydrogens is 297 g/mol. The summed E-state index contributed by atoms with van der Waals surface area (Å²) >= 11 is 3.33. The van der Waals surface area contributed by atoms with Gasteiger partial charge in [-0.2, -0.15) is 0 Å². The van der Waals surface area contributed by atoms with E-state index in [0.717, 1.165) is 36.3 Å². The summed E-state index contributed by atoms with van der Waals surface area (Å²) in [5.41, 5.74) is 1.03. The minimum atomic E-state index is -0.173. The summed E-state index contributed by atoms with van der Waals surface area (Å²) in [6.07, 6.45) is 2.34. The van der Waals surface area contributed by atoms with Crippen LogP contribution in [0.5, 0.6) is 0 Å². The lowest BCUT2D eigenvalue weighted by Crippen LogP contribution is -2.34. The summed E-state index contributed by atoms with van der Waals surface area (Å²) in [4.78, 5) is 2.38. The second-order valence-corrected chi connectivity index (χ2v) is 5.87. The van der Waals surface area contributed by atoms with Crippen LogP contribution in [0.1, 0.15) is 18.4 Å². The van der Waals surface area contributed by atoms with Crippen LogP contribution in [-0.2, 0) is 11.3 Å². The van der Waals surface area contributed by atoms with Crippen LogP contribution in [0.25, 0.3) is 0 Å². The largest absolute Gasteiger partial charge is 0.384 e. The van der Waals surface area contributed by atoms with Gasteiger partial charge in [0.05, 0.1) is 0 Å². The Balaban J connectivity index is 1.87. The maximum Gasteiger partial charge on any atom is 0.124 e. The minimum absolute atomic E-state index is 0.173. The zero-order chi connectivity index (χ0) is 13.0. The lowest BCUT2D eigenvalue weighted by atomic mass is 9.97.